The van der Waals surface area contributed by atoms with Crippen molar-refractivity contribution in [3.8, 4) is 12.3 Å². The molecule has 2 nitrogen and oxygen atoms in total. The summed E-state index contributed by atoms with van der Waals surface area (Å²) in [5.41, 5.74) is 5.75. The lowest BCUT2D eigenvalue weighted by molar-refractivity contribution is 0.331. The molecular formula is C9H16N2. The van der Waals surface area contributed by atoms with Crippen molar-refractivity contribution in [1.29, 1.82) is 0 Å². The van der Waals surface area contributed by atoms with E-state index in [4.69, 9.17) is 12.2 Å². The summed E-state index contributed by atoms with van der Waals surface area (Å²) in [6, 6.07) is 0.404. The molecule has 1 aliphatic heterocycles. The van der Waals surface area contributed by atoms with Gasteiger partial charge in [-0.2, -0.15) is 0 Å². The van der Waals surface area contributed by atoms with Gasteiger partial charge in [-0.25, -0.2) is 0 Å². The molecule has 1 aliphatic rings. The van der Waals surface area contributed by atoms with E-state index in [-0.39, 0.29) is 0 Å². The zero-order valence-electron chi connectivity index (χ0n) is 6.92. The molecule has 0 aliphatic carbocycles. The fourth-order valence-electron chi connectivity index (χ4n) is 1.47. The maximum Gasteiger partial charge on any atom is 0.0180 e. The number of nitrogens with two attached hydrogens (primary N) is 1. The minimum Gasteiger partial charge on any atom is -0.326 e. The Labute approximate surface area is 68.8 Å². The third kappa shape index (κ3) is 2.92. The second-order valence-corrected chi connectivity index (χ2v) is 3.16. The Morgan fingerprint density at radius 3 is 3.00 bits per heavy atom. The number of rotatable bonds is 3. The van der Waals surface area contributed by atoms with Gasteiger partial charge in [0.2, 0.25) is 0 Å². The topological polar surface area (TPSA) is 29.3 Å². The van der Waals surface area contributed by atoms with Crippen molar-refractivity contribution in [2.75, 3.05) is 19.6 Å². The molecule has 0 aromatic heterocycles. The monoisotopic (exact) mass is 152 g/mol. The fraction of sp³-hybridized carbons (Fsp3) is 0.778. The summed E-state index contributed by atoms with van der Waals surface area (Å²) >= 11 is 0. The van der Waals surface area contributed by atoms with Gasteiger partial charge < -0.3 is 10.6 Å². The predicted octanol–water partition coefficient (Wildman–Crippen LogP) is 0.433. The molecule has 0 unspecified atom stereocenters. The van der Waals surface area contributed by atoms with E-state index in [2.05, 4.69) is 10.8 Å². The van der Waals surface area contributed by atoms with E-state index in [1.807, 2.05) is 0 Å². The highest BCUT2D eigenvalue weighted by Gasteiger charge is 2.17. The molecule has 1 fully saturated rings. The Morgan fingerprint density at radius 2 is 2.45 bits per heavy atom. The standard InChI is InChI=1S/C9H16N2/c1-2-3-4-6-11-7-5-9(10)8-11/h1,9H,3-8,10H2/t9-/m0/s1. The maximum absolute atomic E-state index is 5.75. The van der Waals surface area contributed by atoms with Crippen molar-refractivity contribution in [3.05, 3.63) is 0 Å². The maximum atomic E-state index is 5.75. The van der Waals surface area contributed by atoms with Crippen LogP contribution in [0.15, 0.2) is 0 Å². The third-order valence-corrected chi connectivity index (χ3v) is 2.10. The van der Waals surface area contributed by atoms with Crippen LogP contribution in [0.1, 0.15) is 19.3 Å². The van der Waals surface area contributed by atoms with E-state index in [1.165, 1.54) is 0 Å². The molecule has 0 amide bonds. The van der Waals surface area contributed by atoms with Crippen molar-refractivity contribution in [1.82, 2.24) is 4.90 Å². The molecular weight excluding hydrogens is 136 g/mol. The van der Waals surface area contributed by atoms with Crippen molar-refractivity contribution in [2.24, 2.45) is 5.73 Å². The average Bonchev–Trinajstić information content (AvgIpc) is 2.37. The first-order valence-corrected chi connectivity index (χ1v) is 4.24. The van der Waals surface area contributed by atoms with Crippen LogP contribution in [0.25, 0.3) is 0 Å². The van der Waals surface area contributed by atoms with Crippen LogP contribution >= 0.6 is 0 Å². The summed E-state index contributed by atoms with van der Waals surface area (Å²) in [5, 5.41) is 0. The SMILES string of the molecule is C#CCCCN1CC[C@H](N)C1. The molecule has 1 saturated heterocycles. The second kappa shape index (κ2) is 4.38. The van der Waals surface area contributed by atoms with Crippen LogP contribution in [-0.4, -0.2) is 30.6 Å². The first-order valence-electron chi connectivity index (χ1n) is 4.24. The van der Waals surface area contributed by atoms with Crippen LogP contribution in [-0.2, 0) is 0 Å². The van der Waals surface area contributed by atoms with Gasteiger partial charge in [-0.05, 0) is 25.9 Å². The van der Waals surface area contributed by atoms with Gasteiger partial charge in [-0.15, -0.1) is 12.3 Å². The number of terminal acetylenes is 1. The van der Waals surface area contributed by atoms with Crippen molar-refractivity contribution in [3.63, 3.8) is 0 Å². The van der Waals surface area contributed by atoms with E-state index >= 15 is 0 Å². The minimum absolute atomic E-state index is 0.404. The first kappa shape index (κ1) is 8.58. The summed E-state index contributed by atoms with van der Waals surface area (Å²) in [4.78, 5) is 2.39. The Hall–Kier alpha value is -0.520. The summed E-state index contributed by atoms with van der Waals surface area (Å²) < 4.78 is 0. The number of likely N-dealkylation sites (tertiary alicyclic amines) is 1. The van der Waals surface area contributed by atoms with Gasteiger partial charge in [-0.3, -0.25) is 0 Å². The van der Waals surface area contributed by atoms with E-state index in [0.717, 1.165) is 38.9 Å². The Morgan fingerprint density at radius 1 is 1.64 bits per heavy atom. The van der Waals surface area contributed by atoms with Crippen molar-refractivity contribution in [2.45, 2.75) is 25.3 Å². The summed E-state index contributed by atoms with van der Waals surface area (Å²) in [7, 11) is 0. The lowest BCUT2D eigenvalue weighted by Crippen LogP contribution is -2.27. The van der Waals surface area contributed by atoms with Crippen molar-refractivity contribution >= 4 is 0 Å². The lowest BCUT2D eigenvalue weighted by atomic mass is 10.3. The molecule has 0 saturated carbocycles. The molecule has 0 aromatic carbocycles. The van der Waals surface area contributed by atoms with E-state index in [9.17, 15) is 0 Å². The van der Waals surface area contributed by atoms with E-state index in [1.54, 1.807) is 0 Å². The highest BCUT2D eigenvalue weighted by atomic mass is 15.2. The number of unbranched alkanes of at least 4 members (excludes halogenated alkanes) is 1. The van der Waals surface area contributed by atoms with E-state index < -0.39 is 0 Å². The molecule has 0 bridgehead atoms. The summed E-state index contributed by atoms with van der Waals surface area (Å²) in [6.07, 6.45) is 8.31. The Bertz CT molecular complexity index is 148. The second-order valence-electron chi connectivity index (χ2n) is 3.16. The molecule has 1 atom stereocenters. The van der Waals surface area contributed by atoms with Gasteiger partial charge in [-0.1, -0.05) is 0 Å². The third-order valence-electron chi connectivity index (χ3n) is 2.10. The highest BCUT2D eigenvalue weighted by molar-refractivity contribution is 4.84. The van der Waals surface area contributed by atoms with Crippen LogP contribution in [0, 0.1) is 12.3 Å². The van der Waals surface area contributed by atoms with Crippen LogP contribution in [0.2, 0.25) is 0 Å². The minimum atomic E-state index is 0.404. The molecule has 2 heteroatoms. The van der Waals surface area contributed by atoms with E-state index in [0.29, 0.717) is 6.04 Å². The fourth-order valence-corrected chi connectivity index (χ4v) is 1.47. The number of hydrogen-bond donors (Lipinski definition) is 1. The van der Waals surface area contributed by atoms with Gasteiger partial charge >= 0.3 is 0 Å². The van der Waals surface area contributed by atoms with Crippen LogP contribution in [0.5, 0.6) is 0 Å². The molecule has 1 rings (SSSR count). The predicted molar refractivity (Wildman–Crippen MR) is 47.1 cm³/mol. The lowest BCUT2D eigenvalue weighted by Gasteiger charge is -2.13. The normalized spacial score (nSPS) is 25.3. The van der Waals surface area contributed by atoms with Gasteiger partial charge in [0.25, 0.3) is 0 Å². The largest absolute Gasteiger partial charge is 0.326 e. The molecule has 0 spiro atoms. The molecule has 62 valence electrons. The molecule has 2 N–H and O–H groups in total. The van der Waals surface area contributed by atoms with Gasteiger partial charge in [0, 0.05) is 19.0 Å². The van der Waals surface area contributed by atoms with Gasteiger partial charge in [0.05, 0.1) is 0 Å². The van der Waals surface area contributed by atoms with Crippen LogP contribution in [0.4, 0.5) is 0 Å². The molecule has 1 heterocycles. The number of hydrogen-bond acceptors (Lipinski definition) is 2. The highest BCUT2D eigenvalue weighted by Crippen LogP contribution is 2.07. The first-order chi connectivity index (χ1) is 5.33. The van der Waals surface area contributed by atoms with Gasteiger partial charge in [0.15, 0.2) is 0 Å². The Kier molecular flexibility index (Phi) is 3.41. The van der Waals surface area contributed by atoms with Crippen LogP contribution < -0.4 is 5.73 Å². The summed E-state index contributed by atoms with van der Waals surface area (Å²) in [5.74, 6) is 2.64. The zero-order valence-corrected chi connectivity index (χ0v) is 6.92. The zero-order chi connectivity index (χ0) is 8.10. The molecule has 11 heavy (non-hydrogen) atoms. The molecule has 0 radical (unpaired) electrons. The van der Waals surface area contributed by atoms with Gasteiger partial charge in [0.1, 0.15) is 0 Å². The molecule has 0 aromatic rings. The van der Waals surface area contributed by atoms with Crippen LogP contribution in [0.3, 0.4) is 0 Å². The smallest absolute Gasteiger partial charge is 0.0180 e. The summed E-state index contributed by atoms with van der Waals surface area (Å²) in [6.45, 7) is 3.34. The quantitative estimate of drug-likeness (QED) is 0.469. The van der Waals surface area contributed by atoms with Crippen molar-refractivity contribution < 1.29 is 0 Å². The Balaban J connectivity index is 2.05. The average molecular weight is 152 g/mol. The number of nitrogens with zero attached hydrogens (tertiary/aromatic N) is 1.